The van der Waals surface area contributed by atoms with E-state index < -0.39 is 0 Å². The van der Waals surface area contributed by atoms with Crippen LogP contribution in [0.5, 0.6) is 0 Å². The number of aryl methyl sites for hydroxylation is 1. The number of hydrogen-bond acceptors (Lipinski definition) is 2. The first kappa shape index (κ1) is 19.9. The van der Waals surface area contributed by atoms with Crippen molar-refractivity contribution >= 4 is 5.91 Å². The molecule has 28 heavy (non-hydrogen) atoms. The first-order valence-corrected chi connectivity index (χ1v) is 10.1. The number of aromatic nitrogens is 2. The van der Waals surface area contributed by atoms with E-state index in [9.17, 15) is 4.79 Å². The van der Waals surface area contributed by atoms with E-state index >= 15 is 0 Å². The lowest BCUT2D eigenvalue weighted by atomic mass is 9.98. The van der Waals surface area contributed by atoms with Gasteiger partial charge in [0.15, 0.2) is 0 Å². The van der Waals surface area contributed by atoms with Gasteiger partial charge in [-0.1, -0.05) is 56.2 Å². The highest BCUT2D eigenvalue weighted by molar-refractivity contribution is 6.02. The molecule has 1 aromatic carbocycles. The fourth-order valence-corrected chi connectivity index (χ4v) is 3.91. The van der Waals surface area contributed by atoms with Gasteiger partial charge in [0, 0.05) is 41.5 Å². The van der Waals surface area contributed by atoms with E-state index in [-0.39, 0.29) is 5.91 Å². The van der Waals surface area contributed by atoms with Crippen LogP contribution in [0.25, 0.3) is 11.1 Å². The number of nitrogens with two attached hydrogens (primary N) is 1. The van der Waals surface area contributed by atoms with Crippen molar-refractivity contribution in [3.8, 4) is 11.1 Å². The van der Waals surface area contributed by atoms with E-state index in [4.69, 9.17) is 5.73 Å². The zero-order valence-corrected chi connectivity index (χ0v) is 16.8. The maximum atomic E-state index is 12.4. The molecule has 0 spiro atoms. The van der Waals surface area contributed by atoms with Gasteiger partial charge < -0.3 is 10.3 Å². The predicted molar refractivity (Wildman–Crippen MR) is 114 cm³/mol. The van der Waals surface area contributed by atoms with Crippen LogP contribution in [-0.4, -0.2) is 15.5 Å². The van der Waals surface area contributed by atoms with Gasteiger partial charge in [-0.3, -0.25) is 9.78 Å². The highest BCUT2D eigenvalue weighted by atomic mass is 16.1. The molecule has 0 atom stereocenters. The number of hydrogen-bond donors (Lipinski definition) is 1. The van der Waals surface area contributed by atoms with Crippen LogP contribution >= 0.6 is 0 Å². The minimum Gasteiger partial charge on any atom is -0.366 e. The quantitative estimate of drug-likeness (QED) is 0.539. The molecule has 2 aromatic heterocycles. The summed E-state index contributed by atoms with van der Waals surface area (Å²) in [5.41, 5.74) is 11.8. The van der Waals surface area contributed by atoms with Gasteiger partial charge in [0.25, 0.3) is 5.91 Å². The first-order chi connectivity index (χ1) is 13.6. The van der Waals surface area contributed by atoms with Crippen molar-refractivity contribution in [2.45, 2.75) is 52.5 Å². The number of benzene rings is 1. The van der Waals surface area contributed by atoms with Crippen molar-refractivity contribution in [3.63, 3.8) is 0 Å². The summed E-state index contributed by atoms with van der Waals surface area (Å²) in [4.78, 5) is 16.6. The Bertz CT molecular complexity index is 914. The van der Waals surface area contributed by atoms with Crippen molar-refractivity contribution in [1.29, 1.82) is 0 Å². The zero-order valence-electron chi connectivity index (χ0n) is 16.8. The van der Waals surface area contributed by atoms with Crippen LogP contribution in [0.3, 0.4) is 0 Å². The van der Waals surface area contributed by atoms with E-state index in [1.807, 2.05) is 31.3 Å². The maximum absolute atomic E-state index is 12.4. The third-order valence-electron chi connectivity index (χ3n) is 5.31. The maximum Gasteiger partial charge on any atom is 0.251 e. The van der Waals surface area contributed by atoms with Gasteiger partial charge in [0.1, 0.15) is 0 Å². The Balaban J connectivity index is 2.07. The van der Waals surface area contributed by atoms with Crippen molar-refractivity contribution in [2.24, 2.45) is 5.73 Å². The Kier molecular flexibility index (Phi) is 6.64. The fourth-order valence-electron chi connectivity index (χ4n) is 3.91. The third kappa shape index (κ3) is 4.33. The van der Waals surface area contributed by atoms with Gasteiger partial charge in [-0.05, 0) is 37.8 Å². The summed E-state index contributed by atoms with van der Waals surface area (Å²) in [6.07, 6.45) is 8.85. The van der Waals surface area contributed by atoms with Crippen LogP contribution < -0.4 is 5.73 Å². The number of unbranched alkanes of at least 4 members (excludes halogenated alkanes) is 2. The largest absolute Gasteiger partial charge is 0.366 e. The van der Waals surface area contributed by atoms with Crippen molar-refractivity contribution in [1.82, 2.24) is 9.55 Å². The van der Waals surface area contributed by atoms with Gasteiger partial charge in [-0.25, -0.2) is 0 Å². The Hall–Kier alpha value is -2.88. The summed E-state index contributed by atoms with van der Waals surface area (Å²) in [7, 11) is 0. The molecule has 2 N–H and O–H groups in total. The summed E-state index contributed by atoms with van der Waals surface area (Å²) in [5.74, 6) is -0.369. The molecule has 0 saturated carbocycles. The Morgan fingerprint density at radius 3 is 2.50 bits per heavy atom. The normalized spacial score (nSPS) is 10.9. The molecular weight excluding hydrogens is 346 g/mol. The van der Waals surface area contributed by atoms with Gasteiger partial charge in [-0.2, -0.15) is 0 Å². The van der Waals surface area contributed by atoms with Gasteiger partial charge in [0.05, 0.1) is 5.56 Å². The first-order valence-electron chi connectivity index (χ1n) is 10.1. The van der Waals surface area contributed by atoms with Crippen LogP contribution in [0.1, 0.15) is 53.5 Å². The predicted octanol–water partition coefficient (Wildman–Crippen LogP) is 4.93. The molecule has 0 unspecified atom stereocenters. The Morgan fingerprint density at radius 2 is 1.86 bits per heavy atom. The van der Waals surface area contributed by atoms with E-state index in [2.05, 4.69) is 40.7 Å². The molecular formula is C24H29N3O. The second-order valence-electron chi connectivity index (χ2n) is 7.23. The molecule has 0 fully saturated rings. The molecule has 0 aliphatic heterocycles. The molecule has 0 aliphatic rings. The van der Waals surface area contributed by atoms with Crippen molar-refractivity contribution in [2.75, 3.05) is 0 Å². The Labute approximate surface area is 167 Å². The zero-order chi connectivity index (χ0) is 19.9. The lowest BCUT2D eigenvalue weighted by molar-refractivity contribution is 0.1000. The van der Waals surface area contributed by atoms with Gasteiger partial charge in [-0.15, -0.1) is 0 Å². The second kappa shape index (κ2) is 9.36. The molecule has 4 heteroatoms. The third-order valence-corrected chi connectivity index (χ3v) is 5.31. The van der Waals surface area contributed by atoms with E-state index in [0.717, 1.165) is 49.0 Å². The number of rotatable bonds is 9. The van der Waals surface area contributed by atoms with Crippen LogP contribution in [0, 0.1) is 6.92 Å². The molecule has 4 nitrogen and oxygen atoms in total. The standard InChI is InChI=1S/C24H29N3O/c1-3-4-6-13-21-23(20-12-9-15-26-17-20)22(24(25)28)18(2)27(21)16-14-19-10-7-5-8-11-19/h5,7-12,15,17H,3-4,6,13-14,16H2,1-2H3,(H2,25,28). The van der Waals surface area contributed by atoms with Crippen LogP contribution in [0.15, 0.2) is 54.9 Å². The summed E-state index contributed by atoms with van der Waals surface area (Å²) >= 11 is 0. The SMILES string of the molecule is CCCCCc1c(-c2cccnc2)c(C(N)=O)c(C)n1CCc1ccccc1. The second-order valence-corrected chi connectivity index (χ2v) is 7.23. The molecule has 0 saturated heterocycles. The number of carbonyl (C=O) groups is 1. The average Bonchev–Trinajstić information content (AvgIpc) is 3.00. The number of nitrogens with zero attached hydrogens (tertiary/aromatic N) is 2. The Morgan fingerprint density at radius 1 is 1.07 bits per heavy atom. The molecule has 3 rings (SSSR count). The lowest BCUT2D eigenvalue weighted by Crippen LogP contribution is -2.14. The summed E-state index contributed by atoms with van der Waals surface area (Å²) in [6, 6.07) is 14.4. The number of primary amides is 1. The van der Waals surface area contributed by atoms with Gasteiger partial charge >= 0.3 is 0 Å². The topological polar surface area (TPSA) is 60.9 Å². The highest BCUT2D eigenvalue weighted by Gasteiger charge is 2.24. The van der Waals surface area contributed by atoms with Crippen LogP contribution in [0.4, 0.5) is 0 Å². The smallest absolute Gasteiger partial charge is 0.251 e. The average molecular weight is 376 g/mol. The van der Waals surface area contributed by atoms with E-state index in [1.54, 1.807) is 6.20 Å². The minimum absolute atomic E-state index is 0.369. The number of amides is 1. The summed E-state index contributed by atoms with van der Waals surface area (Å²) in [6.45, 7) is 5.04. The monoisotopic (exact) mass is 375 g/mol. The fraction of sp³-hybridized carbons (Fsp3) is 0.333. The van der Waals surface area contributed by atoms with Crippen LogP contribution in [-0.2, 0) is 19.4 Å². The lowest BCUT2D eigenvalue weighted by Gasteiger charge is -2.13. The van der Waals surface area contributed by atoms with E-state index in [1.165, 1.54) is 17.7 Å². The minimum atomic E-state index is -0.369. The molecule has 3 aromatic rings. The molecule has 0 aliphatic carbocycles. The molecule has 0 bridgehead atoms. The molecule has 146 valence electrons. The highest BCUT2D eigenvalue weighted by Crippen LogP contribution is 2.33. The van der Waals surface area contributed by atoms with Crippen molar-refractivity contribution < 1.29 is 4.79 Å². The molecule has 1 amide bonds. The number of pyridine rings is 1. The van der Waals surface area contributed by atoms with Crippen LogP contribution in [0.2, 0.25) is 0 Å². The summed E-state index contributed by atoms with van der Waals surface area (Å²) in [5, 5.41) is 0. The number of carbonyl (C=O) groups excluding carboxylic acids is 1. The molecule has 0 radical (unpaired) electrons. The molecule has 2 heterocycles. The van der Waals surface area contributed by atoms with Gasteiger partial charge in [0.2, 0.25) is 0 Å². The van der Waals surface area contributed by atoms with E-state index in [0.29, 0.717) is 5.56 Å². The van der Waals surface area contributed by atoms with Crippen molar-refractivity contribution in [3.05, 3.63) is 77.4 Å². The summed E-state index contributed by atoms with van der Waals surface area (Å²) < 4.78 is 2.30.